The standard InChI is InChI=1S/C8H8N5.3CH3.Sn/c1-2-7-5-6(3-4-9-7)8-10-12-13-11-8;;;;/h3-5H,2H2,1H3;3*1H3;/q-1;;;;+1. The van der Waals surface area contributed by atoms with Crippen LogP contribution in [-0.4, -0.2) is 42.1 Å². The predicted octanol–water partition coefficient (Wildman–Crippen LogP) is 1.98. The van der Waals surface area contributed by atoms with Crippen LogP contribution in [0.4, 0.5) is 0 Å². The Hall–Kier alpha value is -0.981. The van der Waals surface area contributed by atoms with Crippen molar-refractivity contribution in [3.05, 3.63) is 24.0 Å². The minimum absolute atomic E-state index is 0.703. The van der Waals surface area contributed by atoms with Gasteiger partial charge in [0.2, 0.25) is 0 Å². The Morgan fingerprint density at radius 1 is 1.29 bits per heavy atom. The molecule has 0 amide bonds. The molecule has 0 saturated heterocycles. The Balaban J connectivity index is 2.37. The SMILES string of the molecule is CCc1cc(-c2nn[n]([Sn]([CH3])([CH3])[CH3])n2)ccn1. The molecule has 0 aliphatic carbocycles. The molecule has 0 radical (unpaired) electrons. The number of hydrogen-bond donors (Lipinski definition) is 0. The van der Waals surface area contributed by atoms with Crippen molar-refractivity contribution in [2.45, 2.75) is 28.2 Å². The van der Waals surface area contributed by atoms with Gasteiger partial charge >= 0.3 is 106 Å². The molecule has 6 heteroatoms. The van der Waals surface area contributed by atoms with Crippen LogP contribution in [0.25, 0.3) is 11.4 Å². The molecule has 2 aromatic rings. The molecule has 0 fully saturated rings. The van der Waals surface area contributed by atoms with Crippen LogP contribution in [0, 0.1) is 0 Å². The van der Waals surface area contributed by atoms with Gasteiger partial charge in [-0.2, -0.15) is 0 Å². The van der Waals surface area contributed by atoms with Crippen LogP contribution in [0.5, 0.6) is 0 Å². The number of tetrazole rings is 1. The van der Waals surface area contributed by atoms with Crippen molar-refractivity contribution in [3.8, 4) is 11.4 Å². The molecular weight excluding hydrogens is 321 g/mol. The van der Waals surface area contributed by atoms with E-state index in [0.29, 0.717) is 5.82 Å². The third kappa shape index (κ3) is 2.82. The molecule has 17 heavy (non-hydrogen) atoms. The molecule has 0 unspecified atom stereocenters. The third-order valence-corrected chi connectivity index (χ3v) is 6.42. The number of aromatic nitrogens is 5. The second-order valence-corrected chi connectivity index (χ2v) is 18.5. The van der Waals surface area contributed by atoms with Crippen LogP contribution in [0.3, 0.4) is 0 Å². The Labute approximate surface area is 105 Å². The van der Waals surface area contributed by atoms with Crippen molar-refractivity contribution in [1.29, 1.82) is 0 Å². The zero-order valence-corrected chi connectivity index (χ0v) is 13.5. The minimum atomic E-state index is -2.27. The third-order valence-electron chi connectivity index (χ3n) is 2.45. The first kappa shape index (κ1) is 12.5. The van der Waals surface area contributed by atoms with Crippen LogP contribution < -0.4 is 0 Å². The van der Waals surface area contributed by atoms with Crippen molar-refractivity contribution in [2.24, 2.45) is 0 Å². The van der Waals surface area contributed by atoms with Gasteiger partial charge in [0.15, 0.2) is 0 Å². The molecule has 2 rings (SSSR count). The van der Waals surface area contributed by atoms with E-state index in [2.05, 4.69) is 42.1 Å². The van der Waals surface area contributed by atoms with E-state index in [0.717, 1.165) is 17.7 Å². The van der Waals surface area contributed by atoms with Gasteiger partial charge in [0, 0.05) is 0 Å². The van der Waals surface area contributed by atoms with Gasteiger partial charge in [0.1, 0.15) is 0 Å². The summed E-state index contributed by atoms with van der Waals surface area (Å²) in [6.07, 6.45) is 2.72. The fraction of sp³-hybridized carbons (Fsp3) is 0.455. The molecule has 0 aliphatic rings. The van der Waals surface area contributed by atoms with Crippen molar-refractivity contribution < 1.29 is 0 Å². The fourth-order valence-electron chi connectivity index (χ4n) is 1.42. The predicted molar refractivity (Wildman–Crippen MR) is 69.2 cm³/mol. The van der Waals surface area contributed by atoms with Crippen molar-refractivity contribution in [1.82, 2.24) is 23.4 Å². The van der Waals surface area contributed by atoms with Crippen molar-refractivity contribution in [3.63, 3.8) is 0 Å². The summed E-state index contributed by atoms with van der Waals surface area (Å²) in [5.41, 5.74) is 2.05. The summed E-state index contributed by atoms with van der Waals surface area (Å²) in [6, 6.07) is 3.96. The molecule has 0 atom stereocenters. The second kappa shape index (κ2) is 4.72. The molecular formula is C11H17N5Sn. The van der Waals surface area contributed by atoms with Crippen LogP contribution in [0.2, 0.25) is 14.8 Å². The summed E-state index contributed by atoms with van der Waals surface area (Å²) in [7, 11) is 0. The fourth-order valence-corrected chi connectivity index (χ4v) is 3.44. The summed E-state index contributed by atoms with van der Waals surface area (Å²) in [6.45, 7) is 2.09. The van der Waals surface area contributed by atoms with Gasteiger partial charge in [-0.1, -0.05) is 0 Å². The summed E-state index contributed by atoms with van der Waals surface area (Å²) in [5, 5.41) is 12.8. The Morgan fingerprint density at radius 3 is 2.65 bits per heavy atom. The zero-order chi connectivity index (χ0) is 12.5. The Kier molecular flexibility index (Phi) is 3.46. The van der Waals surface area contributed by atoms with Gasteiger partial charge in [0.25, 0.3) is 0 Å². The second-order valence-electron chi connectivity index (χ2n) is 4.96. The van der Waals surface area contributed by atoms with Crippen molar-refractivity contribution in [2.75, 3.05) is 0 Å². The number of rotatable bonds is 3. The number of hydrogen-bond acceptors (Lipinski definition) is 4. The molecule has 0 aromatic carbocycles. The molecule has 2 heterocycles. The van der Waals surface area contributed by atoms with Gasteiger partial charge in [0.05, 0.1) is 0 Å². The topological polar surface area (TPSA) is 56.5 Å². The van der Waals surface area contributed by atoms with E-state index >= 15 is 0 Å². The molecule has 0 N–H and O–H groups in total. The summed E-state index contributed by atoms with van der Waals surface area (Å²) in [4.78, 5) is 11.0. The molecule has 90 valence electrons. The van der Waals surface area contributed by atoms with Gasteiger partial charge in [-0.25, -0.2) is 0 Å². The van der Waals surface area contributed by atoms with E-state index in [-0.39, 0.29) is 0 Å². The Morgan fingerprint density at radius 2 is 2.06 bits per heavy atom. The molecule has 0 bridgehead atoms. The van der Waals surface area contributed by atoms with E-state index in [4.69, 9.17) is 0 Å². The van der Waals surface area contributed by atoms with Gasteiger partial charge in [-0.15, -0.1) is 0 Å². The van der Waals surface area contributed by atoms with Crippen molar-refractivity contribution >= 4 is 18.7 Å². The van der Waals surface area contributed by atoms with E-state index in [1.807, 2.05) is 15.2 Å². The molecule has 0 saturated carbocycles. The van der Waals surface area contributed by atoms with Crippen LogP contribution >= 0.6 is 0 Å². The molecule has 0 spiro atoms. The van der Waals surface area contributed by atoms with Gasteiger partial charge in [-0.05, 0) is 0 Å². The molecule has 2 aromatic heterocycles. The van der Waals surface area contributed by atoms with Crippen LogP contribution in [-0.2, 0) is 6.42 Å². The number of pyridine rings is 1. The molecule has 5 nitrogen and oxygen atoms in total. The maximum absolute atomic E-state index is 4.49. The van der Waals surface area contributed by atoms with E-state index in [1.54, 1.807) is 6.20 Å². The summed E-state index contributed by atoms with van der Waals surface area (Å²) < 4.78 is 1.84. The first-order valence-electron chi connectivity index (χ1n) is 5.76. The monoisotopic (exact) mass is 339 g/mol. The van der Waals surface area contributed by atoms with E-state index in [9.17, 15) is 0 Å². The average Bonchev–Trinajstić information content (AvgIpc) is 2.78. The van der Waals surface area contributed by atoms with Crippen LogP contribution in [0.15, 0.2) is 18.3 Å². The maximum atomic E-state index is 4.49. The summed E-state index contributed by atoms with van der Waals surface area (Å²) >= 11 is -2.27. The van der Waals surface area contributed by atoms with Crippen LogP contribution in [0.1, 0.15) is 12.6 Å². The summed E-state index contributed by atoms with van der Waals surface area (Å²) in [5.74, 6) is 0.703. The van der Waals surface area contributed by atoms with E-state index < -0.39 is 18.7 Å². The normalized spacial score (nSPS) is 11.8. The zero-order valence-electron chi connectivity index (χ0n) is 10.7. The number of nitrogens with zero attached hydrogens (tertiary/aromatic N) is 5. The van der Waals surface area contributed by atoms with E-state index in [1.165, 1.54) is 0 Å². The first-order valence-corrected chi connectivity index (χ1v) is 15.6. The molecule has 0 aliphatic heterocycles. The number of aryl methyl sites for hydroxylation is 1. The average molecular weight is 338 g/mol. The first-order chi connectivity index (χ1) is 8.00. The van der Waals surface area contributed by atoms with Gasteiger partial charge in [-0.3, -0.25) is 0 Å². The van der Waals surface area contributed by atoms with Gasteiger partial charge < -0.3 is 0 Å². The quantitative estimate of drug-likeness (QED) is 0.804. The Bertz CT molecular complexity index is 515.